The highest BCUT2D eigenvalue weighted by molar-refractivity contribution is 7.16. The maximum absolute atomic E-state index is 12.6. The van der Waals surface area contributed by atoms with Gasteiger partial charge in [0.25, 0.3) is 5.56 Å². The molecule has 0 bridgehead atoms. The molecule has 1 aliphatic heterocycles. The number of aromatic nitrogens is 5. The fraction of sp³-hybridized carbons (Fsp3) is 0.286. The van der Waals surface area contributed by atoms with E-state index in [2.05, 4.69) is 36.3 Å². The molecule has 0 spiro atoms. The average Bonchev–Trinajstić information content (AvgIpc) is 3.25. The van der Waals surface area contributed by atoms with Crippen molar-refractivity contribution in [3.63, 3.8) is 0 Å². The van der Waals surface area contributed by atoms with E-state index in [1.807, 2.05) is 12.1 Å². The number of rotatable bonds is 4. The van der Waals surface area contributed by atoms with Gasteiger partial charge in [-0.05, 0) is 42.3 Å². The molecule has 1 fully saturated rings. The Bertz CT molecular complexity index is 1180. The van der Waals surface area contributed by atoms with Crippen LogP contribution in [0.3, 0.4) is 0 Å². The first kappa shape index (κ1) is 17.9. The molecule has 4 aromatic rings. The zero-order valence-corrected chi connectivity index (χ0v) is 16.6. The molecule has 1 saturated heterocycles. The van der Waals surface area contributed by atoms with Crippen molar-refractivity contribution < 1.29 is 0 Å². The molecule has 0 atom stereocenters. The largest absolute Gasteiger partial charge is 0.356 e. The quantitative estimate of drug-likeness (QED) is 0.520. The van der Waals surface area contributed by atoms with Gasteiger partial charge in [0.2, 0.25) is 0 Å². The van der Waals surface area contributed by atoms with Gasteiger partial charge in [-0.2, -0.15) is 0 Å². The van der Waals surface area contributed by atoms with Crippen LogP contribution in [0.15, 0.2) is 59.5 Å². The lowest BCUT2D eigenvalue weighted by Crippen LogP contribution is -2.36. The Morgan fingerprint density at radius 1 is 1.14 bits per heavy atom. The monoisotopic (exact) mass is 404 g/mol. The molecular weight excluding hydrogens is 384 g/mol. The molecule has 146 valence electrons. The Labute approximate surface area is 171 Å². The third-order valence-corrected chi connectivity index (χ3v) is 6.27. The van der Waals surface area contributed by atoms with Crippen molar-refractivity contribution in [1.29, 1.82) is 0 Å². The highest BCUT2D eigenvalue weighted by Crippen LogP contribution is 2.30. The molecular formula is C21H20N6OS. The Morgan fingerprint density at radius 2 is 2.03 bits per heavy atom. The second kappa shape index (κ2) is 7.71. The van der Waals surface area contributed by atoms with E-state index in [1.165, 1.54) is 0 Å². The lowest BCUT2D eigenvalue weighted by Gasteiger charge is -2.33. The van der Waals surface area contributed by atoms with Crippen LogP contribution >= 0.6 is 11.3 Å². The Kier molecular flexibility index (Phi) is 4.77. The topological polar surface area (TPSA) is 76.8 Å². The predicted octanol–water partition coefficient (Wildman–Crippen LogP) is 3.23. The summed E-state index contributed by atoms with van der Waals surface area (Å²) in [5.41, 5.74) is 1.50. The van der Waals surface area contributed by atoms with Crippen molar-refractivity contribution in [1.82, 2.24) is 24.5 Å². The lowest BCUT2D eigenvalue weighted by atomic mass is 9.96. The SMILES string of the molecule is O=c1cc(-c2cccnc2)ncn1CC1CCN(c2ncnc3sccc23)CC1. The van der Waals surface area contributed by atoms with Gasteiger partial charge in [0.15, 0.2) is 0 Å². The van der Waals surface area contributed by atoms with Gasteiger partial charge in [-0.3, -0.25) is 14.3 Å². The first-order valence-electron chi connectivity index (χ1n) is 9.68. The minimum absolute atomic E-state index is 0.0166. The lowest BCUT2D eigenvalue weighted by molar-refractivity contribution is 0.350. The van der Waals surface area contributed by atoms with Gasteiger partial charge in [-0.25, -0.2) is 15.0 Å². The van der Waals surface area contributed by atoms with Crippen molar-refractivity contribution in [3.8, 4) is 11.3 Å². The fourth-order valence-corrected chi connectivity index (χ4v) is 4.60. The van der Waals surface area contributed by atoms with Gasteiger partial charge < -0.3 is 4.90 Å². The van der Waals surface area contributed by atoms with Gasteiger partial charge in [0, 0.05) is 43.7 Å². The van der Waals surface area contributed by atoms with E-state index in [0.717, 1.165) is 47.5 Å². The molecule has 0 saturated carbocycles. The van der Waals surface area contributed by atoms with Crippen LogP contribution in [0, 0.1) is 5.92 Å². The van der Waals surface area contributed by atoms with E-state index in [0.29, 0.717) is 18.2 Å². The Morgan fingerprint density at radius 3 is 2.83 bits per heavy atom. The maximum Gasteiger partial charge on any atom is 0.253 e. The first-order chi connectivity index (χ1) is 14.3. The molecule has 4 aromatic heterocycles. The molecule has 0 aromatic carbocycles. The summed E-state index contributed by atoms with van der Waals surface area (Å²) in [6, 6.07) is 7.45. The second-order valence-corrected chi connectivity index (χ2v) is 8.17. The Hall–Kier alpha value is -3.13. The highest BCUT2D eigenvalue weighted by atomic mass is 32.1. The van der Waals surface area contributed by atoms with Crippen LogP contribution < -0.4 is 10.5 Å². The fourth-order valence-electron chi connectivity index (χ4n) is 3.87. The molecule has 5 heterocycles. The molecule has 7 nitrogen and oxygen atoms in total. The molecule has 29 heavy (non-hydrogen) atoms. The number of thiophene rings is 1. The molecule has 5 rings (SSSR count). The molecule has 0 N–H and O–H groups in total. The third kappa shape index (κ3) is 3.63. The summed E-state index contributed by atoms with van der Waals surface area (Å²) in [5, 5.41) is 3.19. The number of fused-ring (bicyclic) bond motifs is 1. The standard InChI is InChI=1S/C21H20N6OS/c28-19-10-18(16-2-1-6-22-11-16)25-14-27(19)12-15-3-7-26(8-4-15)20-17-5-9-29-21(17)24-13-23-20/h1-2,5-6,9-11,13-15H,3-4,7-8,12H2. The van der Waals surface area contributed by atoms with Crippen LogP contribution in [0.4, 0.5) is 5.82 Å². The highest BCUT2D eigenvalue weighted by Gasteiger charge is 2.22. The van der Waals surface area contributed by atoms with Gasteiger partial charge in [0.1, 0.15) is 17.0 Å². The number of piperidine rings is 1. The maximum atomic E-state index is 12.6. The minimum Gasteiger partial charge on any atom is -0.356 e. The summed E-state index contributed by atoms with van der Waals surface area (Å²) in [5.74, 6) is 1.48. The molecule has 0 unspecified atom stereocenters. The van der Waals surface area contributed by atoms with Crippen LogP contribution in [0.1, 0.15) is 12.8 Å². The predicted molar refractivity (Wildman–Crippen MR) is 114 cm³/mol. The second-order valence-electron chi connectivity index (χ2n) is 7.27. The molecule has 1 aliphatic rings. The average molecular weight is 404 g/mol. The van der Waals surface area contributed by atoms with Crippen LogP contribution in [0.5, 0.6) is 0 Å². The first-order valence-corrected chi connectivity index (χ1v) is 10.6. The zero-order chi connectivity index (χ0) is 19.6. The number of nitrogens with zero attached hydrogens (tertiary/aromatic N) is 6. The van der Waals surface area contributed by atoms with E-state index in [9.17, 15) is 4.79 Å². The molecule has 0 aliphatic carbocycles. The molecule has 0 radical (unpaired) electrons. The minimum atomic E-state index is -0.0166. The van der Waals surface area contributed by atoms with E-state index in [4.69, 9.17) is 0 Å². The number of hydrogen-bond donors (Lipinski definition) is 0. The normalized spacial score (nSPS) is 15.1. The van der Waals surface area contributed by atoms with Crippen molar-refractivity contribution >= 4 is 27.4 Å². The summed E-state index contributed by atoms with van der Waals surface area (Å²) in [4.78, 5) is 33.3. The van der Waals surface area contributed by atoms with Crippen molar-refractivity contribution in [2.24, 2.45) is 5.92 Å². The van der Waals surface area contributed by atoms with E-state index in [-0.39, 0.29) is 5.56 Å². The van der Waals surface area contributed by atoms with Crippen LogP contribution in [0.25, 0.3) is 21.5 Å². The van der Waals surface area contributed by atoms with E-state index in [1.54, 1.807) is 47.0 Å². The van der Waals surface area contributed by atoms with Crippen molar-refractivity contribution in [2.45, 2.75) is 19.4 Å². The molecule has 8 heteroatoms. The summed E-state index contributed by atoms with van der Waals surface area (Å²) in [7, 11) is 0. The zero-order valence-electron chi connectivity index (χ0n) is 15.8. The third-order valence-electron chi connectivity index (χ3n) is 5.45. The van der Waals surface area contributed by atoms with Gasteiger partial charge in [-0.15, -0.1) is 11.3 Å². The van der Waals surface area contributed by atoms with Crippen LogP contribution in [0.2, 0.25) is 0 Å². The summed E-state index contributed by atoms with van der Waals surface area (Å²) in [6.45, 7) is 2.57. The number of anilines is 1. The summed E-state index contributed by atoms with van der Waals surface area (Å²) in [6.07, 6.45) is 8.78. The van der Waals surface area contributed by atoms with Crippen LogP contribution in [-0.2, 0) is 6.54 Å². The van der Waals surface area contributed by atoms with Crippen molar-refractivity contribution in [2.75, 3.05) is 18.0 Å². The number of pyridine rings is 1. The van der Waals surface area contributed by atoms with Gasteiger partial charge in [-0.1, -0.05) is 0 Å². The van der Waals surface area contributed by atoms with E-state index >= 15 is 0 Å². The Balaban J connectivity index is 1.26. The van der Waals surface area contributed by atoms with E-state index < -0.39 is 0 Å². The number of hydrogen-bond acceptors (Lipinski definition) is 7. The van der Waals surface area contributed by atoms with Gasteiger partial charge in [0.05, 0.1) is 17.4 Å². The summed E-state index contributed by atoms with van der Waals surface area (Å²) < 4.78 is 1.72. The molecule has 0 amide bonds. The van der Waals surface area contributed by atoms with Crippen molar-refractivity contribution in [3.05, 3.63) is 65.0 Å². The smallest absolute Gasteiger partial charge is 0.253 e. The van der Waals surface area contributed by atoms with Gasteiger partial charge >= 0.3 is 0 Å². The summed E-state index contributed by atoms with van der Waals surface area (Å²) >= 11 is 1.64. The van der Waals surface area contributed by atoms with Crippen LogP contribution in [-0.4, -0.2) is 37.6 Å².